The molecule has 11 rings (SSSR count). The molecule has 0 amide bonds. The first-order valence-electron chi connectivity index (χ1n) is 20.2. The van der Waals surface area contributed by atoms with Crippen LogP contribution < -0.4 is 4.90 Å². The van der Waals surface area contributed by atoms with Crippen molar-refractivity contribution in [2.24, 2.45) is 0 Å². The van der Waals surface area contributed by atoms with Crippen LogP contribution in [-0.4, -0.2) is 0 Å². The monoisotopic (exact) mass is 729 g/mol. The number of rotatable bonds is 5. The number of hydrogen-bond donors (Lipinski definition) is 0. The maximum atomic E-state index is 2.54. The first-order chi connectivity index (χ1) is 27.8. The fourth-order valence-electron chi connectivity index (χ4n) is 10.0. The number of nitrogens with zero attached hydrogens (tertiary/aromatic N) is 1. The van der Waals surface area contributed by atoms with Crippen molar-refractivity contribution in [3.05, 3.63) is 210 Å². The van der Waals surface area contributed by atoms with Gasteiger partial charge in [-0.15, -0.1) is 0 Å². The Morgan fingerprint density at radius 3 is 1.60 bits per heavy atom. The Balaban J connectivity index is 1.19. The SMILES string of the molecule is CC1(C)c2ccccc2-c2ccc(N(c3ccc4c(ccc5ccccc54)c3)c3cc4c(cc3-c3ccc(-c5ccccc5)cc3)-c3ccccc3C4(C)C)cc21. The van der Waals surface area contributed by atoms with Crippen molar-refractivity contribution < 1.29 is 0 Å². The van der Waals surface area contributed by atoms with E-state index in [4.69, 9.17) is 0 Å². The van der Waals surface area contributed by atoms with E-state index in [-0.39, 0.29) is 10.8 Å². The Hall–Kier alpha value is -6.70. The summed E-state index contributed by atoms with van der Waals surface area (Å²) in [6.07, 6.45) is 0. The van der Waals surface area contributed by atoms with Gasteiger partial charge in [0.2, 0.25) is 0 Å². The van der Waals surface area contributed by atoms with Crippen LogP contribution in [0.5, 0.6) is 0 Å². The third-order valence-electron chi connectivity index (χ3n) is 13.1. The molecule has 0 aromatic heterocycles. The third kappa shape index (κ3) is 5.08. The van der Waals surface area contributed by atoms with Crippen LogP contribution in [0.25, 0.3) is 66.1 Å². The standard InChI is InChI=1S/C56H43N/c1-55(2)50-20-12-10-18-45(50)47-31-29-42(33-52(47)55)57(41-28-30-44-40(32-41)27-26-38-16-8-9-17-43(38)44)54-35-53-49(46-19-11-13-21-51(46)56(53,3)4)34-48(54)39-24-22-37(23-25-39)36-14-6-5-7-15-36/h5-35H,1-4H3. The minimum absolute atomic E-state index is 0.131. The largest absolute Gasteiger partial charge is 0.310 e. The van der Waals surface area contributed by atoms with E-state index in [9.17, 15) is 0 Å². The van der Waals surface area contributed by atoms with Crippen LogP contribution in [0.3, 0.4) is 0 Å². The third-order valence-corrected chi connectivity index (χ3v) is 13.1. The predicted octanol–water partition coefficient (Wildman–Crippen LogP) is 15.4. The maximum Gasteiger partial charge on any atom is 0.0543 e. The van der Waals surface area contributed by atoms with Crippen LogP contribution >= 0.6 is 0 Å². The molecular weight excluding hydrogens is 687 g/mol. The van der Waals surface area contributed by atoms with Crippen molar-refractivity contribution in [2.75, 3.05) is 4.90 Å². The van der Waals surface area contributed by atoms with Crippen molar-refractivity contribution in [1.29, 1.82) is 0 Å². The van der Waals surface area contributed by atoms with Crippen LogP contribution in [-0.2, 0) is 10.8 Å². The van der Waals surface area contributed by atoms with Crippen molar-refractivity contribution >= 4 is 38.6 Å². The molecule has 1 nitrogen and oxygen atoms in total. The first-order valence-corrected chi connectivity index (χ1v) is 20.2. The van der Waals surface area contributed by atoms with Crippen molar-refractivity contribution in [1.82, 2.24) is 0 Å². The summed E-state index contributed by atoms with van der Waals surface area (Å²) < 4.78 is 0. The highest BCUT2D eigenvalue weighted by Crippen LogP contribution is 2.55. The topological polar surface area (TPSA) is 3.24 Å². The Bertz CT molecular complexity index is 3060. The zero-order valence-electron chi connectivity index (χ0n) is 32.8. The van der Waals surface area contributed by atoms with Gasteiger partial charge in [0.05, 0.1) is 5.69 Å². The lowest BCUT2D eigenvalue weighted by Crippen LogP contribution is -2.18. The Morgan fingerprint density at radius 1 is 0.316 bits per heavy atom. The van der Waals surface area contributed by atoms with Gasteiger partial charge >= 0.3 is 0 Å². The number of fused-ring (bicyclic) bond motifs is 9. The molecule has 0 heterocycles. The highest BCUT2D eigenvalue weighted by atomic mass is 15.1. The van der Waals surface area contributed by atoms with E-state index in [0.717, 1.165) is 11.4 Å². The molecule has 0 fully saturated rings. The van der Waals surface area contributed by atoms with Gasteiger partial charge in [-0.25, -0.2) is 0 Å². The van der Waals surface area contributed by atoms with Gasteiger partial charge in [0.1, 0.15) is 0 Å². The van der Waals surface area contributed by atoms with Crippen LogP contribution in [0.15, 0.2) is 188 Å². The average molecular weight is 730 g/mol. The normalized spacial score (nSPS) is 14.2. The van der Waals surface area contributed by atoms with Crippen molar-refractivity contribution in [2.45, 2.75) is 38.5 Å². The molecule has 2 aliphatic rings. The quantitative estimate of drug-likeness (QED) is 0.159. The highest BCUT2D eigenvalue weighted by Gasteiger charge is 2.38. The molecule has 0 aliphatic heterocycles. The van der Waals surface area contributed by atoms with E-state index in [2.05, 4.69) is 221 Å². The molecule has 1 heteroatoms. The minimum Gasteiger partial charge on any atom is -0.310 e. The molecule has 0 saturated heterocycles. The second kappa shape index (κ2) is 12.4. The van der Waals surface area contributed by atoms with E-state index in [0.29, 0.717) is 0 Å². The van der Waals surface area contributed by atoms with Gasteiger partial charge in [0.25, 0.3) is 0 Å². The van der Waals surface area contributed by atoms with Gasteiger partial charge in [-0.2, -0.15) is 0 Å². The second-order valence-corrected chi connectivity index (χ2v) is 17.0. The van der Waals surface area contributed by atoms with Gasteiger partial charge < -0.3 is 4.90 Å². The van der Waals surface area contributed by atoms with Gasteiger partial charge in [-0.1, -0.05) is 179 Å². The highest BCUT2D eigenvalue weighted by molar-refractivity contribution is 6.09. The Morgan fingerprint density at radius 2 is 0.842 bits per heavy atom. The van der Waals surface area contributed by atoms with Gasteiger partial charge in [0, 0.05) is 27.8 Å². The molecule has 9 aromatic carbocycles. The zero-order valence-corrected chi connectivity index (χ0v) is 32.8. The van der Waals surface area contributed by atoms with Crippen LogP contribution in [0, 0.1) is 0 Å². The number of hydrogen-bond acceptors (Lipinski definition) is 1. The second-order valence-electron chi connectivity index (χ2n) is 17.0. The molecule has 9 aromatic rings. The summed E-state index contributed by atoms with van der Waals surface area (Å²) in [4.78, 5) is 2.54. The molecule has 0 radical (unpaired) electrons. The molecule has 0 spiro atoms. The molecule has 2 aliphatic carbocycles. The molecule has 0 unspecified atom stereocenters. The molecule has 0 bridgehead atoms. The zero-order chi connectivity index (χ0) is 38.5. The first kappa shape index (κ1) is 33.6. The molecule has 57 heavy (non-hydrogen) atoms. The van der Waals surface area contributed by atoms with Crippen LogP contribution in [0.1, 0.15) is 49.9 Å². The van der Waals surface area contributed by atoms with Gasteiger partial charge in [-0.05, 0) is 119 Å². The minimum atomic E-state index is -0.161. The predicted molar refractivity (Wildman–Crippen MR) is 242 cm³/mol. The average Bonchev–Trinajstić information content (AvgIpc) is 3.62. The summed E-state index contributed by atoms with van der Waals surface area (Å²) >= 11 is 0. The van der Waals surface area contributed by atoms with E-state index in [1.165, 1.54) is 94.0 Å². The summed E-state index contributed by atoms with van der Waals surface area (Å²) in [5.74, 6) is 0. The lowest BCUT2D eigenvalue weighted by molar-refractivity contribution is 0.660. The molecular formula is C56H43N. The summed E-state index contributed by atoms with van der Waals surface area (Å²) in [5.41, 5.74) is 18.8. The maximum absolute atomic E-state index is 2.54. The molecule has 0 saturated carbocycles. The van der Waals surface area contributed by atoms with Crippen LogP contribution in [0.2, 0.25) is 0 Å². The van der Waals surface area contributed by atoms with Gasteiger partial charge in [-0.3, -0.25) is 0 Å². The summed E-state index contributed by atoms with van der Waals surface area (Å²) in [6.45, 7) is 9.52. The van der Waals surface area contributed by atoms with Crippen LogP contribution in [0.4, 0.5) is 17.1 Å². The number of anilines is 3. The van der Waals surface area contributed by atoms with Gasteiger partial charge in [0.15, 0.2) is 0 Å². The fourth-order valence-corrected chi connectivity index (χ4v) is 10.0. The van der Waals surface area contributed by atoms with E-state index < -0.39 is 0 Å². The smallest absolute Gasteiger partial charge is 0.0543 e. The summed E-state index contributed by atoms with van der Waals surface area (Å²) in [6, 6.07) is 70.3. The Kier molecular flexibility index (Phi) is 7.32. The van der Waals surface area contributed by atoms with E-state index in [1.54, 1.807) is 0 Å². The van der Waals surface area contributed by atoms with E-state index in [1.807, 2.05) is 0 Å². The van der Waals surface area contributed by atoms with Crippen molar-refractivity contribution in [3.8, 4) is 44.5 Å². The lowest BCUT2D eigenvalue weighted by atomic mass is 9.81. The molecule has 0 N–H and O–H groups in total. The summed E-state index contributed by atoms with van der Waals surface area (Å²) in [7, 11) is 0. The molecule has 0 atom stereocenters. The van der Waals surface area contributed by atoms with E-state index >= 15 is 0 Å². The lowest BCUT2D eigenvalue weighted by Gasteiger charge is -2.32. The Labute approximate surface area is 335 Å². The fraction of sp³-hybridized carbons (Fsp3) is 0.107. The van der Waals surface area contributed by atoms with Crippen molar-refractivity contribution in [3.63, 3.8) is 0 Å². The number of benzene rings is 9. The summed E-state index contributed by atoms with van der Waals surface area (Å²) in [5, 5.41) is 5.04. The molecule has 272 valence electrons.